The number of rotatable bonds is 4. The van der Waals surface area contributed by atoms with Crippen molar-refractivity contribution < 1.29 is 11.3 Å². The Bertz CT molecular complexity index is 3110. The van der Waals surface area contributed by atoms with Gasteiger partial charge in [-0.15, -0.1) is 0 Å². The van der Waals surface area contributed by atoms with Gasteiger partial charge in [-0.3, -0.25) is 0 Å². The molecule has 10 rings (SSSR count). The molecule has 0 saturated carbocycles. The summed E-state index contributed by atoms with van der Waals surface area (Å²) >= 11 is 0. The second kappa shape index (κ2) is 10.5. The zero-order valence-electron chi connectivity index (χ0n) is 30.3. The minimum atomic E-state index is -0.486. The number of fused-ring (bicyclic) bond motifs is 7. The van der Waals surface area contributed by atoms with Gasteiger partial charge in [-0.05, 0) is 59.3 Å². The van der Waals surface area contributed by atoms with Crippen LogP contribution in [0.4, 0.5) is 0 Å². The summed E-state index contributed by atoms with van der Waals surface area (Å²) < 4.78 is 51.2. The summed E-state index contributed by atoms with van der Waals surface area (Å²) in [6, 6.07) is 40.1. The molecule has 0 aliphatic heterocycles. The molecule has 0 amide bonds. The Morgan fingerprint density at radius 3 is 2.04 bits per heavy atom. The molecule has 0 unspecified atom stereocenters. The lowest BCUT2D eigenvalue weighted by atomic mass is 10.0. The van der Waals surface area contributed by atoms with Crippen molar-refractivity contribution in [1.82, 2.24) is 19.5 Å². The molecule has 5 heteroatoms. The molecule has 0 saturated heterocycles. The number of aromatic nitrogens is 4. The second-order valence-electron chi connectivity index (χ2n) is 11.7. The summed E-state index contributed by atoms with van der Waals surface area (Å²) in [5.74, 6) is 0.546. The molecule has 3 heterocycles. The number of furan rings is 1. The van der Waals surface area contributed by atoms with Crippen molar-refractivity contribution in [1.29, 1.82) is 0 Å². The monoisotopic (exact) mass is 619 g/mol. The third kappa shape index (κ3) is 4.15. The fourth-order valence-corrected chi connectivity index (χ4v) is 6.76. The molecule has 0 spiro atoms. The van der Waals surface area contributed by atoms with E-state index in [1.165, 1.54) is 0 Å². The molecule has 7 aromatic carbocycles. The maximum atomic E-state index is 8.80. The van der Waals surface area contributed by atoms with Crippen molar-refractivity contribution in [2.45, 2.75) is 0 Å². The van der Waals surface area contributed by atoms with Gasteiger partial charge in [0, 0.05) is 43.9 Å². The fraction of sp³-hybridized carbons (Fsp3) is 0. The summed E-state index contributed by atoms with van der Waals surface area (Å²) in [5, 5.41) is 6.02. The fourth-order valence-electron chi connectivity index (χ4n) is 6.76. The van der Waals surface area contributed by atoms with E-state index in [0.29, 0.717) is 22.5 Å². The van der Waals surface area contributed by atoms with Gasteiger partial charge >= 0.3 is 0 Å². The molecule has 0 aliphatic rings. The smallest absolute Gasteiger partial charge is 0.164 e. The number of nitrogens with zero attached hydrogens (tertiary/aromatic N) is 4. The van der Waals surface area contributed by atoms with Gasteiger partial charge in [0.25, 0.3) is 0 Å². The van der Waals surface area contributed by atoms with Crippen molar-refractivity contribution in [3.8, 4) is 39.9 Å². The molecule has 3 aromatic heterocycles. The molecule has 0 atom stereocenters. The summed E-state index contributed by atoms with van der Waals surface area (Å²) in [6.45, 7) is 0. The van der Waals surface area contributed by atoms with Crippen LogP contribution in [0.5, 0.6) is 0 Å². The first kappa shape index (κ1) is 22.0. The summed E-state index contributed by atoms with van der Waals surface area (Å²) in [6.07, 6.45) is 0. The van der Waals surface area contributed by atoms with Crippen molar-refractivity contribution >= 4 is 54.5 Å². The quantitative estimate of drug-likeness (QED) is 0.197. The lowest BCUT2D eigenvalue weighted by Gasteiger charge is -2.10. The van der Waals surface area contributed by atoms with Gasteiger partial charge in [-0.25, -0.2) is 15.0 Å². The second-order valence-corrected chi connectivity index (χ2v) is 11.7. The molecule has 48 heavy (non-hydrogen) atoms. The number of hydrogen-bond acceptors (Lipinski definition) is 4. The van der Waals surface area contributed by atoms with Crippen LogP contribution in [0.1, 0.15) is 6.85 Å². The number of hydrogen-bond donors (Lipinski definition) is 0. The van der Waals surface area contributed by atoms with E-state index in [4.69, 9.17) is 26.2 Å². The predicted octanol–water partition coefficient (Wildman–Crippen LogP) is 11.0. The highest BCUT2D eigenvalue weighted by atomic mass is 16.3. The first-order chi connectivity index (χ1) is 25.9. The van der Waals surface area contributed by atoms with E-state index >= 15 is 0 Å². The Morgan fingerprint density at radius 1 is 0.500 bits per heavy atom. The first-order valence-electron chi connectivity index (χ1n) is 18.1. The Morgan fingerprint density at radius 2 is 1.19 bits per heavy atom. The highest BCUT2D eigenvalue weighted by molar-refractivity contribution is 6.15. The van der Waals surface area contributed by atoms with Crippen molar-refractivity contribution in [3.63, 3.8) is 0 Å². The highest BCUT2D eigenvalue weighted by Crippen LogP contribution is 2.39. The van der Waals surface area contributed by atoms with E-state index in [2.05, 4.69) is 53.1 Å². The van der Waals surface area contributed by atoms with Crippen LogP contribution in [0.25, 0.3) is 94.4 Å². The average Bonchev–Trinajstić information content (AvgIpc) is 3.73. The topological polar surface area (TPSA) is 56.7 Å². The van der Waals surface area contributed by atoms with Gasteiger partial charge in [0.1, 0.15) is 11.2 Å². The Balaban J connectivity index is 1.25. The van der Waals surface area contributed by atoms with E-state index in [9.17, 15) is 0 Å². The van der Waals surface area contributed by atoms with Crippen molar-refractivity contribution in [2.24, 2.45) is 0 Å². The molecule has 5 nitrogen and oxygen atoms in total. The zero-order valence-corrected chi connectivity index (χ0v) is 25.3. The lowest BCUT2D eigenvalue weighted by molar-refractivity contribution is 0.669. The summed E-state index contributed by atoms with van der Waals surface area (Å²) in [5.41, 5.74) is 5.58. The molecule has 0 fully saturated rings. The molecule has 224 valence electrons. The standard InChI is InChI=1S/C43H26N4O/c1-3-12-27(13-4-1)41-44-42(30-22-23-32-35-24-28-14-7-8-15-29(28)25-39(35)48-38(32)26-30)46-43(45-41)34-19-11-21-37-40(34)33-18-9-10-20-36(33)47(37)31-16-5-2-6-17-31/h1-26H/i1D,3D,4D,12D,13D. The largest absolute Gasteiger partial charge is 0.456 e. The van der Waals surface area contributed by atoms with E-state index in [-0.39, 0.29) is 17.2 Å². The molecule has 0 radical (unpaired) electrons. The minimum Gasteiger partial charge on any atom is -0.456 e. The van der Waals surface area contributed by atoms with Gasteiger partial charge in [-0.1, -0.05) is 109 Å². The van der Waals surface area contributed by atoms with Crippen LogP contribution >= 0.6 is 0 Å². The minimum absolute atomic E-state index is 0.0262. The number of para-hydroxylation sites is 2. The SMILES string of the molecule is [2H]c1c([2H])c([2H])c(-c2nc(-c3ccc4c(c3)oc3cc5ccccc5cc34)nc(-c3cccc4c3c3ccccc3n4-c3ccccc3)n2)c([2H])c1[2H]. The predicted molar refractivity (Wildman–Crippen MR) is 195 cm³/mol. The third-order valence-electron chi connectivity index (χ3n) is 8.91. The van der Waals surface area contributed by atoms with Gasteiger partial charge in [-0.2, -0.15) is 0 Å². The van der Waals surface area contributed by atoms with E-state index in [1.807, 2.05) is 78.9 Å². The first-order valence-corrected chi connectivity index (χ1v) is 15.6. The van der Waals surface area contributed by atoms with Crippen LogP contribution in [0.15, 0.2) is 162 Å². The van der Waals surface area contributed by atoms with Gasteiger partial charge < -0.3 is 8.98 Å². The van der Waals surface area contributed by atoms with Crippen LogP contribution in [0.2, 0.25) is 0 Å². The molecule has 0 aliphatic carbocycles. The van der Waals surface area contributed by atoms with Gasteiger partial charge in [0.2, 0.25) is 0 Å². The van der Waals surface area contributed by atoms with Gasteiger partial charge in [0.05, 0.1) is 17.9 Å². The van der Waals surface area contributed by atoms with E-state index < -0.39 is 30.2 Å². The normalized spacial score (nSPS) is 13.2. The maximum absolute atomic E-state index is 8.80. The molecular formula is C43H26N4O. The maximum Gasteiger partial charge on any atom is 0.164 e. The lowest BCUT2D eigenvalue weighted by Crippen LogP contribution is -2.00. The van der Waals surface area contributed by atoms with E-state index in [1.54, 1.807) is 0 Å². The van der Waals surface area contributed by atoms with Crippen LogP contribution in [-0.2, 0) is 0 Å². The van der Waals surface area contributed by atoms with E-state index in [0.717, 1.165) is 54.6 Å². The van der Waals surface area contributed by atoms with Crippen molar-refractivity contribution in [2.75, 3.05) is 0 Å². The Hall–Kier alpha value is -6.59. The Kier molecular flexibility index (Phi) is 4.81. The molecule has 10 aromatic rings. The van der Waals surface area contributed by atoms with Crippen LogP contribution < -0.4 is 0 Å². The summed E-state index contributed by atoms with van der Waals surface area (Å²) in [4.78, 5) is 14.7. The van der Waals surface area contributed by atoms with Crippen LogP contribution in [0.3, 0.4) is 0 Å². The third-order valence-corrected chi connectivity index (χ3v) is 8.91. The zero-order chi connectivity index (χ0) is 36.0. The van der Waals surface area contributed by atoms with Crippen LogP contribution in [0, 0.1) is 0 Å². The van der Waals surface area contributed by atoms with Crippen LogP contribution in [-0.4, -0.2) is 19.5 Å². The van der Waals surface area contributed by atoms with Crippen molar-refractivity contribution in [3.05, 3.63) is 158 Å². The Labute approximate surface area is 282 Å². The average molecular weight is 620 g/mol. The molecule has 0 bridgehead atoms. The summed E-state index contributed by atoms with van der Waals surface area (Å²) in [7, 11) is 0. The highest BCUT2D eigenvalue weighted by Gasteiger charge is 2.20. The molecular weight excluding hydrogens is 589 g/mol. The van der Waals surface area contributed by atoms with Gasteiger partial charge in [0.15, 0.2) is 17.5 Å². The number of benzene rings is 7. The molecule has 0 N–H and O–H groups in total.